The molecule has 180 valence electrons. The molecule has 0 N–H and O–H groups in total. The lowest BCUT2D eigenvalue weighted by molar-refractivity contribution is 0.104. The molecule has 1 aromatic heterocycles. The molecule has 4 nitrogen and oxygen atoms in total. The number of piperazine rings is 1. The van der Waals surface area contributed by atoms with Crippen molar-refractivity contribution >= 4 is 22.9 Å². The van der Waals surface area contributed by atoms with E-state index in [0.717, 1.165) is 69.8 Å². The number of aryl methyl sites for hydroxylation is 2. The predicted molar refractivity (Wildman–Crippen MR) is 146 cm³/mol. The average molecular weight is 483 g/mol. The fraction of sp³-hybridized carbons (Fsp3) is 0.400. The van der Waals surface area contributed by atoms with Crippen molar-refractivity contribution in [3.05, 3.63) is 87.1 Å². The van der Waals surface area contributed by atoms with E-state index in [0.29, 0.717) is 12.5 Å². The van der Waals surface area contributed by atoms with E-state index in [1.165, 1.54) is 26.4 Å². The van der Waals surface area contributed by atoms with Crippen molar-refractivity contribution in [2.75, 3.05) is 26.2 Å². The van der Waals surface area contributed by atoms with Crippen LogP contribution in [0.5, 0.6) is 0 Å². The van der Waals surface area contributed by atoms with Crippen LogP contribution in [-0.4, -0.2) is 47.9 Å². The zero-order chi connectivity index (χ0) is 24.0. The highest BCUT2D eigenvalue weighted by Crippen LogP contribution is 2.34. The minimum absolute atomic E-state index is 0.482. The monoisotopic (exact) mass is 482 g/mol. The van der Waals surface area contributed by atoms with Gasteiger partial charge in [0.1, 0.15) is 5.84 Å². The van der Waals surface area contributed by atoms with Crippen molar-refractivity contribution in [1.29, 1.82) is 5.26 Å². The molecule has 3 heterocycles. The van der Waals surface area contributed by atoms with E-state index < -0.39 is 0 Å². The molecule has 0 radical (unpaired) electrons. The smallest absolute Gasteiger partial charge is 0.137 e. The number of amidine groups is 1. The van der Waals surface area contributed by atoms with Crippen LogP contribution in [0, 0.1) is 18.3 Å². The summed E-state index contributed by atoms with van der Waals surface area (Å²) in [6, 6.07) is 24.6. The lowest BCUT2D eigenvalue weighted by Gasteiger charge is -2.43. The van der Waals surface area contributed by atoms with Gasteiger partial charge in [-0.25, -0.2) is 4.99 Å². The molecule has 5 heteroatoms. The Morgan fingerprint density at radius 2 is 1.89 bits per heavy atom. The fourth-order valence-electron chi connectivity index (χ4n) is 5.39. The highest BCUT2D eigenvalue weighted by molar-refractivity contribution is 7.12. The molecule has 0 aliphatic carbocycles. The summed E-state index contributed by atoms with van der Waals surface area (Å²) in [6.07, 6.45) is 5.93. The summed E-state index contributed by atoms with van der Waals surface area (Å²) in [7, 11) is 0. The van der Waals surface area contributed by atoms with Crippen LogP contribution in [0.1, 0.15) is 52.1 Å². The Kier molecular flexibility index (Phi) is 7.61. The Morgan fingerprint density at radius 3 is 2.74 bits per heavy atom. The molecule has 35 heavy (non-hydrogen) atoms. The maximum atomic E-state index is 8.94. The van der Waals surface area contributed by atoms with E-state index in [1.807, 2.05) is 11.3 Å². The number of aliphatic imine (C=N–C) groups is 1. The Labute approximate surface area is 213 Å². The van der Waals surface area contributed by atoms with Crippen LogP contribution in [0.3, 0.4) is 0 Å². The van der Waals surface area contributed by atoms with Gasteiger partial charge in [-0.2, -0.15) is 5.26 Å². The molecule has 0 amide bonds. The summed E-state index contributed by atoms with van der Waals surface area (Å²) >= 11 is 1.92. The second kappa shape index (κ2) is 11.2. The third-order valence-corrected chi connectivity index (χ3v) is 8.29. The van der Waals surface area contributed by atoms with E-state index in [-0.39, 0.29) is 0 Å². The third kappa shape index (κ3) is 5.66. The van der Waals surface area contributed by atoms with Gasteiger partial charge in [0.2, 0.25) is 0 Å². The van der Waals surface area contributed by atoms with E-state index >= 15 is 0 Å². The highest BCUT2D eigenvalue weighted by atomic mass is 32.1. The van der Waals surface area contributed by atoms with Crippen LogP contribution in [0.15, 0.2) is 65.7 Å². The molecule has 1 fully saturated rings. The number of nitrogens with zero attached hydrogens (tertiary/aromatic N) is 4. The van der Waals surface area contributed by atoms with E-state index in [2.05, 4.69) is 83.5 Å². The van der Waals surface area contributed by atoms with Crippen molar-refractivity contribution in [3.8, 4) is 6.07 Å². The van der Waals surface area contributed by atoms with Crippen LogP contribution >= 0.6 is 11.3 Å². The lowest BCUT2D eigenvalue weighted by Crippen LogP contribution is -2.55. The van der Waals surface area contributed by atoms with Gasteiger partial charge in [0.05, 0.1) is 11.8 Å². The number of para-hydroxylation sites is 1. The summed E-state index contributed by atoms with van der Waals surface area (Å²) in [5.41, 5.74) is 5.17. The Morgan fingerprint density at radius 1 is 1.06 bits per heavy atom. The van der Waals surface area contributed by atoms with Gasteiger partial charge in [-0.3, -0.25) is 4.90 Å². The summed E-state index contributed by atoms with van der Waals surface area (Å²) in [6.45, 7) is 6.33. The quantitative estimate of drug-likeness (QED) is 0.368. The summed E-state index contributed by atoms with van der Waals surface area (Å²) in [5, 5.41) is 8.94. The molecule has 5 rings (SSSR count). The van der Waals surface area contributed by atoms with Crippen molar-refractivity contribution in [1.82, 2.24) is 9.80 Å². The molecule has 2 aromatic carbocycles. The number of hydrogen-bond acceptors (Lipinski definition) is 5. The van der Waals surface area contributed by atoms with Crippen LogP contribution in [0.25, 0.3) is 0 Å². The van der Waals surface area contributed by atoms with Crippen molar-refractivity contribution in [2.45, 2.75) is 51.5 Å². The van der Waals surface area contributed by atoms with Gasteiger partial charge in [-0.1, -0.05) is 48.5 Å². The molecule has 0 spiro atoms. The van der Waals surface area contributed by atoms with Crippen molar-refractivity contribution in [3.63, 3.8) is 0 Å². The van der Waals surface area contributed by atoms with Crippen LogP contribution < -0.4 is 0 Å². The second-order valence-electron chi connectivity index (χ2n) is 9.71. The molecule has 2 aliphatic heterocycles. The van der Waals surface area contributed by atoms with Crippen LogP contribution in [0.2, 0.25) is 0 Å². The van der Waals surface area contributed by atoms with E-state index in [1.54, 1.807) is 0 Å². The van der Waals surface area contributed by atoms with E-state index in [9.17, 15) is 0 Å². The number of rotatable bonds is 7. The topological polar surface area (TPSA) is 42.6 Å². The minimum Gasteiger partial charge on any atom is -0.353 e. The number of benzene rings is 2. The van der Waals surface area contributed by atoms with Crippen LogP contribution in [0.4, 0.5) is 5.69 Å². The molecule has 1 atom stereocenters. The largest absolute Gasteiger partial charge is 0.353 e. The first-order chi connectivity index (χ1) is 17.2. The van der Waals surface area contributed by atoms with Crippen molar-refractivity contribution < 1.29 is 0 Å². The second-order valence-corrected chi connectivity index (χ2v) is 11.1. The Hall–Kier alpha value is -2.94. The zero-order valence-corrected chi connectivity index (χ0v) is 21.4. The first-order valence-corrected chi connectivity index (χ1v) is 13.7. The summed E-state index contributed by atoms with van der Waals surface area (Å²) in [5.74, 6) is 1.16. The molecule has 0 unspecified atom stereocenters. The normalized spacial score (nSPS) is 17.8. The number of unbranched alkanes of at least 4 members (excludes halogenated alkanes) is 2. The van der Waals surface area contributed by atoms with Gasteiger partial charge >= 0.3 is 0 Å². The standard InChI is InChI=1S/C30H34N4S/c1-23-20-27-29(35-23)21-25-12-6-7-13-28(25)32-30(27)34-19-18-33(17-9-3-8-16-31)26(22-34)15-14-24-10-4-2-5-11-24/h2,4-7,10-13,20,26H,3,8-9,14-15,17-19,21-22H2,1H3/t26-/m0/s1. The molecule has 3 aromatic rings. The molecular weight excluding hydrogens is 448 g/mol. The maximum absolute atomic E-state index is 8.94. The highest BCUT2D eigenvalue weighted by Gasteiger charge is 2.31. The number of nitriles is 1. The fourth-order valence-corrected chi connectivity index (χ4v) is 6.44. The average Bonchev–Trinajstić information content (AvgIpc) is 3.17. The van der Waals surface area contributed by atoms with Gasteiger partial charge in [0.15, 0.2) is 0 Å². The molecule has 1 saturated heterocycles. The maximum Gasteiger partial charge on any atom is 0.137 e. The summed E-state index contributed by atoms with van der Waals surface area (Å²) in [4.78, 5) is 13.3. The van der Waals surface area contributed by atoms with Gasteiger partial charge in [0, 0.05) is 53.8 Å². The van der Waals surface area contributed by atoms with Gasteiger partial charge in [0.25, 0.3) is 0 Å². The number of thiophene rings is 1. The summed E-state index contributed by atoms with van der Waals surface area (Å²) < 4.78 is 0. The van der Waals surface area contributed by atoms with Gasteiger partial charge in [-0.15, -0.1) is 11.3 Å². The first kappa shape index (κ1) is 23.8. The lowest BCUT2D eigenvalue weighted by atomic mass is 10.0. The van der Waals surface area contributed by atoms with Crippen molar-refractivity contribution in [2.24, 2.45) is 4.99 Å². The molecule has 0 bridgehead atoms. The molecule has 2 aliphatic rings. The predicted octanol–water partition coefficient (Wildman–Crippen LogP) is 6.35. The number of hydrogen-bond donors (Lipinski definition) is 0. The molecule has 0 saturated carbocycles. The number of fused-ring (bicyclic) bond motifs is 2. The third-order valence-electron chi connectivity index (χ3n) is 7.24. The zero-order valence-electron chi connectivity index (χ0n) is 20.6. The Balaban J connectivity index is 1.39. The Bertz CT molecular complexity index is 1210. The first-order valence-electron chi connectivity index (χ1n) is 12.9. The minimum atomic E-state index is 0.482. The van der Waals surface area contributed by atoms with Gasteiger partial charge in [-0.05, 0) is 62.4 Å². The van der Waals surface area contributed by atoms with E-state index in [4.69, 9.17) is 10.3 Å². The SMILES string of the molecule is Cc1cc2c(s1)Cc1ccccc1N=C2N1CCN(CCCCC#N)[C@@H](CCc2ccccc2)C1. The van der Waals surface area contributed by atoms with Crippen LogP contribution in [-0.2, 0) is 12.8 Å². The van der Waals surface area contributed by atoms with Gasteiger partial charge < -0.3 is 4.90 Å². The molecular formula is C30H34N4S.